The van der Waals surface area contributed by atoms with E-state index in [2.05, 4.69) is 15.2 Å². The zero-order chi connectivity index (χ0) is 12.2. The van der Waals surface area contributed by atoms with Crippen LogP contribution in [0.5, 0.6) is 0 Å². The Morgan fingerprint density at radius 2 is 2.18 bits per heavy atom. The van der Waals surface area contributed by atoms with Crippen molar-refractivity contribution < 1.29 is 0 Å². The summed E-state index contributed by atoms with van der Waals surface area (Å²) in [6.07, 6.45) is 1.65. The summed E-state index contributed by atoms with van der Waals surface area (Å²) in [6.45, 7) is 3.80. The van der Waals surface area contributed by atoms with E-state index in [1.807, 2.05) is 13.8 Å². The minimum Gasteiger partial charge on any atom is -0.266 e. The maximum absolute atomic E-state index is 11.7. The highest BCUT2D eigenvalue weighted by atomic mass is 35.5. The van der Waals surface area contributed by atoms with Gasteiger partial charge in [0.05, 0.1) is 16.9 Å². The summed E-state index contributed by atoms with van der Waals surface area (Å²) >= 11 is 7.56. The first kappa shape index (κ1) is 10.7. The van der Waals surface area contributed by atoms with Crippen LogP contribution in [-0.4, -0.2) is 15.2 Å². The molecule has 3 aromatic heterocycles. The van der Waals surface area contributed by atoms with Gasteiger partial charge < -0.3 is 0 Å². The van der Waals surface area contributed by atoms with Gasteiger partial charge in [0.2, 0.25) is 0 Å². The van der Waals surface area contributed by atoms with Crippen LogP contribution in [0.3, 0.4) is 0 Å². The average molecular weight is 266 g/mol. The number of hydrogen-bond donors (Lipinski definition) is 1. The van der Waals surface area contributed by atoms with Gasteiger partial charge in [0.1, 0.15) is 9.53 Å². The van der Waals surface area contributed by atoms with Crippen LogP contribution < -0.4 is 5.56 Å². The van der Waals surface area contributed by atoms with Gasteiger partial charge in [-0.3, -0.25) is 4.79 Å². The van der Waals surface area contributed by atoms with E-state index in [0.29, 0.717) is 9.72 Å². The normalized spacial score (nSPS) is 11.5. The van der Waals surface area contributed by atoms with Gasteiger partial charge in [0.15, 0.2) is 0 Å². The summed E-state index contributed by atoms with van der Waals surface area (Å²) in [7, 11) is 0. The number of H-pyrrole nitrogens is 1. The second-order valence-electron chi connectivity index (χ2n) is 3.86. The predicted octanol–water partition coefficient (Wildman–Crippen LogP) is 2.80. The minimum absolute atomic E-state index is 0.182. The molecule has 0 aliphatic heterocycles. The first-order chi connectivity index (χ1) is 8.09. The van der Waals surface area contributed by atoms with Crippen LogP contribution in [0.25, 0.3) is 20.3 Å². The highest BCUT2D eigenvalue weighted by Crippen LogP contribution is 2.35. The summed E-state index contributed by atoms with van der Waals surface area (Å²) < 4.78 is 0.646. The number of nitrogens with one attached hydrogen (secondary N) is 1. The number of thiophene rings is 1. The summed E-state index contributed by atoms with van der Waals surface area (Å²) in [5.41, 5.74) is 1.55. The largest absolute Gasteiger partial charge is 0.282 e. The number of hydrogen-bond acceptors (Lipinski definition) is 4. The molecule has 0 unspecified atom stereocenters. The molecule has 3 heterocycles. The molecule has 0 aliphatic carbocycles. The van der Waals surface area contributed by atoms with E-state index >= 15 is 0 Å². The van der Waals surface area contributed by atoms with Crippen LogP contribution in [-0.2, 0) is 0 Å². The Morgan fingerprint density at radius 1 is 1.41 bits per heavy atom. The van der Waals surface area contributed by atoms with Crippen molar-refractivity contribution in [1.82, 2.24) is 15.2 Å². The van der Waals surface area contributed by atoms with Crippen molar-refractivity contribution in [3.63, 3.8) is 0 Å². The molecule has 86 valence electrons. The molecular formula is C11H8ClN3OS. The van der Waals surface area contributed by atoms with E-state index in [9.17, 15) is 4.79 Å². The molecule has 0 bridgehead atoms. The van der Waals surface area contributed by atoms with E-state index in [0.717, 1.165) is 26.9 Å². The standard InChI is InChI=1S/C11H8ClN3OS/c1-4-7-6-3-13-15-10(16)9(6)17-11(7)14-5(2)8(4)12/h3H,1-2H3,(H,15,16). The average Bonchev–Trinajstić information content (AvgIpc) is 2.66. The smallest absolute Gasteiger partial charge is 0.266 e. The monoisotopic (exact) mass is 265 g/mol. The molecule has 3 rings (SSSR count). The number of nitrogens with zero attached hydrogens (tertiary/aromatic N) is 2. The summed E-state index contributed by atoms with van der Waals surface area (Å²) in [6, 6.07) is 0. The van der Waals surface area contributed by atoms with Gasteiger partial charge in [0.25, 0.3) is 5.56 Å². The SMILES string of the molecule is Cc1nc2sc3c(=O)[nH]ncc3c2c(C)c1Cl. The van der Waals surface area contributed by atoms with Gasteiger partial charge in [-0.2, -0.15) is 5.10 Å². The lowest BCUT2D eigenvalue weighted by Gasteiger charge is -2.03. The lowest BCUT2D eigenvalue weighted by molar-refractivity contribution is 1.01. The van der Waals surface area contributed by atoms with Gasteiger partial charge in [-0.25, -0.2) is 10.1 Å². The lowest BCUT2D eigenvalue weighted by atomic mass is 10.1. The van der Waals surface area contributed by atoms with Crippen LogP contribution in [0.4, 0.5) is 0 Å². The predicted molar refractivity (Wildman–Crippen MR) is 70.0 cm³/mol. The Kier molecular flexibility index (Phi) is 2.21. The summed E-state index contributed by atoms with van der Waals surface area (Å²) in [4.78, 5) is 16.9. The topological polar surface area (TPSA) is 58.6 Å². The highest BCUT2D eigenvalue weighted by molar-refractivity contribution is 7.25. The number of aryl methyl sites for hydroxylation is 2. The van der Waals surface area contributed by atoms with Crippen molar-refractivity contribution in [2.24, 2.45) is 0 Å². The minimum atomic E-state index is -0.182. The first-order valence-corrected chi connectivity index (χ1v) is 6.21. The van der Waals surface area contributed by atoms with E-state index in [-0.39, 0.29) is 5.56 Å². The molecule has 0 saturated carbocycles. The van der Waals surface area contributed by atoms with Crippen LogP contribution in [0, 0.1) is 13.8 Å². The number of halogens is 1. The molecule has 0 atom stereocenters. The Balaban J connectivity index is 2.67. The zero-order valence-electron chi connectivity index (χ0n) is 9.17. The summed E-state index contributed by atoms with van der Waals surface area (Å²) in [5, 5.41) is 8.65. The number of aromatic amines is 1. The van der Waals surface area contributed by atoms with Crippen molar-refractivity contribution in [2.45, 2.75) is 13.8 Å². The van der Waals surface area contributed by atoms with Gasteiger partial charge in [-0.1, -0.05) is 11.6 Å². The maximum atomic E-state index is 11.7. The Labute approximate surface area is 105 Å². The molecule has 4 nitrogen and oxygen atoms in total. The second-order valence-corrected chi connectivity index (χ2v) is 5.24. The molecule has 0 saturated heterocycles. The fourth-order valence-corrected chi connectivity index (χ4v) is 3.23. The third kappa shape index (κ3) is 1.39. The van der Waals surface area contributed by atoms with Gasteiger partial charge >= 0.3 is 0 Å². The molecule has 1 N–H and O–H groups in total. The quantitative estimate of drug-likeness (QED) is 0.680. The number of fused-ring (bicyclic) bond motifs is 3. The highest BCUT2D eigenvalue weighted by Gasteiger charge is 2.15. The Hall–Kier alpha value is -1.46. The van der Waals surface area contributed by atoms with E-state index in [1.165, 1.54) is 11.3 Å². The Morgan fingerprint density at radius 3 is 2.94 bits per heavy atom. The van der Waals surface area contributed by atoms with E-state index in [4.69, 9.17) is 11.6 Å². The van der Waals surface area contributed by atoms with Crippen molar-refractivity contribution in [1.29, 1.82) is 0 Å². The third-order valence-corrected chi connectivity index (χ3v) is 4.44. The molecule has 0 radical (unpaired) electrons. The molecule has 0 fully saturated rings. The number of rotatable bonds is 0. The van der Waals surface area contributed by atoms with Crippen molar-refractivity contribution in [3.05, 3.63) is 32.8 Å². The maximum Gasteiger partial charge on any atom is 0.282 e. The number of aromatic nitrogens is 3. The molecule has 6 heteroatoms. The molecular weight excluding hydrogens is 258 g/mol. The molecule has 17 heavy (non-hydrogen) atoms. The fraction of sp³-hybridized carbons (Fsp3) is 0.182. The second kappa shape index (κ2) is 3.51. The Bertz CT molecular complexity index is 806. The molecule has 0 aromatic carbocycles. The lowest BCUT2D eigenvalue weighted by Crippen LogP contribution is -2.04. The molecule has 3 aromatic rings. The van der Waals surface area contributed by atoms with Crippen molar-refractivity contribution >= 4 is 43.2 Å². The fourth-order valence-electron chi connectivity index (χ4n) is 1.95. The van der Waals surface area contributed by atoms with E-state index < -0.39 is 0 Å². The van der Waals surface area contributed by atoms with E-state index in [1.54, 1.807) is 6.20 Å². The zero-order valence-corrected chi connectivity index (χ0v) is 10.7. The van der Waals surface area contributed by atoms with Crippen molar-refractivity contribution in [3.8, 4) is 0 Å². The van der Waals surface area contributed by atoms with Gasteiger partial charge in [-0.05, 0) is 19.4 Å². The van der Waals surface area contributed by atoms with Gasteiger partial charge in [-0.15, -0.1) is 11.3 Å². The molecule has 0 spiro atoms. The van der Waals surface area contributed by atoms with Crippen molar-refractivity contribution in [2.75, 3.05) is 0 Å². The van der Waals surface area contributed by atoms with Crippen LogP contribution in [0.2, 0.25) is 5.02 Å². The molecule has 0 aliphatic rings. The van der Waals surface area contributed by atoms with Gasteiger partial charge in [0, 0.05) is 10.8 Å². The number of pyridine rings is 1. The first-order valence-electron chi connectivity index (χ1n) is 5.02. The van der Waals surface area contributed by atoms with Crippen LogP contribution in [0.1, 0.15) is 11.3 Å². The third-order valence-electron chi connectivity index (χ3n) is 2.78. The van der Waals surface area contributed by atoms with Crippen LogP contribution >= 0.6 is 22.9 Å². The molecule has 0 amide bonds. The van der Waals surface area contributed by atoms with Crippen LogP contribution in [0.15, 0.2) is 11.0 Å². The summed E-state index contributed by atoms with van der Waals surface area (Å²) in [5.74, 6) is 0.